The maximum Gasteiger partial charge on any atom is 0.337 e. The molecule has 0 bridgehead atoms. The Morgan fingerprint density at radius 2 is 1.48 bits per heavy atom. The number of halogens is 1. The monoisotopic (exact) mass is 406 g/mol. The van der Waals surface area contributed by atoms with Gasteiger partial charge in [0.25, 0.3) is 11.8 Å². The zero-order valence-corrected chi connectivity index (χ0v) is 15.0. The minimum Gasteiger partial charge on any atom is -0.496 e. The van der Waals surface area contributed by atoms with Crippen molar-refractivity contribution in [1.82, 2.24) is 10.9 Å². The number of ether oxygens (including phenoxy) is 2. The largest absolute Gasteiger partial charge is 0.496 e. The summed E-state index contributed by atoms with van der Waals surface area (Å²) in [6.45, 7) is 0. The maximum atomic E-state index is 12.1. The van der Waals surface area contributed by atoms with E-state index in [0.29, 0.717) is 15.8 Å². The third-order valence-corrected chi connectivity index (χ3v) is 3.87. The predicted octanol–water partition coefficient (Wildman–Crippen LogP) is 2.32. The van der Waals surface area contributed by atoms with Gasteiger partial charge in [-0.1, -0.05) is 6.07 Å². The van der Waals surface area contributed by atoms with E-state index >= 15 is 0 Å². The molecule has 8 heteroatoms. The van der Waals surface area contributed by atoms with E-state index in [1.807, 2.05) is 0 Å². The van der Waals surface area contributed by atoms with Gasteiger partial charge in [0.05, 0.1) is 24.3 Å². The number of carbonyl (C=O) groups is 3. The van der Waals surface area contributed by atoms with Crippen LogP contribution in [0.4, 0.5) is 0 Å². The molecule has 0 saturated carbocycles. The van der Waals surface area contributed by atoms with Gasteiger partial charge in [0.15, 0.2) is 0 Å². The summed E-state index contributed by atoms with van der Waals surface area (Å²) in [5.74, 6) is -1.03. The third kappa shape index (κ3) is 4.57. The van der Waals surface area contributed by atoms with Gasteiger partial charge in [-0.05, 0) is 52.3 Å². The molecule has 0 aliphatic rings. The molecule has 2 N–H and O–H groups in total. The Morgan fingerprint density at radius 1 is 0.880 bits per heavy atom. The summed E-state index contributed by atoms with van der Waals surface area (Å²) in [6, 6.07) is 10.7. The zero-order valence-electron chi connectivity index (χ0n) is 13.5. The van der Waals surface area contributed by atoms with E-state index in [1.54, 1.807) is 24.3 Å². The molecule has 0 aliphatic carbocycles. The quantitative estimate of drug-likeness (QED) is 0.600. The number of rotatable bonds is 4. The average Bonchev–Trinajstić information content (AvgIpc) is 2.65. The van der Waals surface area contributed by atoms with Crippen LogP contribution in [0.2, 0.25) is 0 Å². The first-order chi connectivity index (χ1) is 12.0. The molecular weight excluding hydrogens is 392 g/mol. The highest BCUT2D eigenvalue weighted by Crippen LogP contribution is 2.25. The zero-order chi connectivity index (χ0) is 18.4. The Labute approximate surface area is 152 Å². The number of hydrogen-bond acceptors (Lipinski definition) is 5. The predicted molar refractivity (Wildman–Crippen MR) is 93.4 cm³/mol. The summed E-state index contributed by atoms with van der Waals surface area (Å²) in [5.41, 5.74) is 5.37. The van der Waals surface area contributed by atoms with Gasteiger partial charge in [-0.3, -0.25) is 20.4 Å². The van der Waals surface area contributed by atoms with E-state index in [0.717, 1.165) is 0 Å². The first kappa shape index (κ1) is 18.5. The maximum absolute atomic E-state index is 12.1. The number of nitrogens with one attached hydrogen (secondary N) is 2. The second-order valence-electron chi connectivity index (χ2n) is 4.83. The lowest BCUT2D eigenvalue weighted by atomic mass is 10.1. The van der Waals surface area contributed by atoms with Crippen LogP contribution in [0.25, 0.3) is 0 Å². The summed E-state index contributed by atoms with van der Waals surface area (Å²) >= 11 is 3.28. The number of carbonyl (C=O) groups excluding carboxylic acids is 3. The Bertz CT molecular complexity index is 822. The summed E-state index contributed by atoms with van der Waals surface area (Å²) < 4.78 is 10.3. The second-order valence-corrected chi connectivity index (χ2v) is 5.68. The van der Waals surface area contributed by atoms with E-state index < -0.39 is 17.8 Å². The number of esters is 1. The van der Waals surface area contributed by atoms with Crippen molar-refractivity contribution in [3.63, 3.8) is 0 Å². The number of amides is 2. The van der Waals surface area contributed by atoms with Gasteiger partial charge in [-0.2, -0.15) is 0 Å². The van der Waals surface area contributed by atoms with Crippen molar-refractivity contribution < 1.29 is 23.9 Å². The van der Waals surface area contributed by atoms with Crippen LogP contribution in [0.3, 0.4) is 0 Å². The highest BCUT2D eigenvalue weighted by molar-refractivity contribution is 9.10. The van der Waals surface area contributed by atoms with Crippen molar-refractivity contribution in [2.45, 2.75) is 0 Å². The van der Waals surface area contributed by atoms with Crippen LogP contribution in [-0.4, -0.2) is 32.0 Å². The lowest BCUT2D eigenvalue weighted by Crippen LogP contribution is -2.41. The Kier molecular flexibility index (Phi) is 6.13. The van der Waals surface area contributed by atoms with Crippen molar-refractivity contribution in [3.8, 4) is 5.75 Å². The number of hydrogen-bond donors (Lipinski definition) is 2. The van der Waals surface area contributed by atoms with Gasteiger partial charge in [-0.25, -0.2) is 4.79 Å². The van der Waals surface area contributed by atoms with Gasteiger partial charge < -0.3 is 9.47 Å². The van der Waals surface area contributed by atoms with Crippen LogP contribution < -0.4 is 15.6 Å². The number of hydrazine groups is 1. The second kappa shape index (κ2) is 8.29. The molecule has 0 fully saturated rings. The van der Waals surface area contributed by atoms with E-state index in [9.17, 15) is 14.4 Å². The fourth-order valence-corrected chi connectivity index (χ4v) is 2.51. The number of benzene rings is 2. The molecule has 2 rings (SSSR count). The summed E-state index contributed by atoms with van der Waals surface area (Å²) in [5, 5.41) is 0. The van der Waals surface area contributed by atoms with E-state index in [-0.39, 0.29) is 11.1 Å². The molecule has 0 aromatic heterocycles. The Hall–Kier alpha value is -2.87. The number of methoxy groups -OCH3 is 2. The highest BCUT2D eigenvalue weighted by Gasteiger charge is 2.13. The minimum absolute atomic E-state index is 0.208. The van der Waals surface area contributed by atoms with Crippen LogP contribution in [0.1, 0.15) is 31.1 Å². The van der Waals surface area contributed by atoms with Crippen LogP contribution in [-0.2, 0) is 4.74 Å². The first-order valence-electron chi connectivity index (χ1n) is 7.09. The van der Waals surface area contributed by atoms with Gasteiger partial charge in [0.1, 0.15) is 5.75 Å². The lowest BCUT2D eigenvalue weighted by molar-refractivity contribution is 0.0600. The molecule has 130 valence electrons. The SMILES string of the molecule is COC(=O)c1cccc(C(=O)NNC(=O)c2ccc(OC)c(Br)c2)c1. The summed E-state index contributed by atoms with van der Waals surface area (Å²) in [7, 11) is 2.77. The van der Waals surface area contributed by atoms with Crippen molar-refractivity contribution in [1.29, 1.82) is 0 Å². The van der Waals surface area contributed by atoms with E-state index in [4.69, 9.17) is 4.74 Å². The third-order valence-electron chi connectivity index (χ3n) is 3.25. The summed E-state index contributed by atoms with van der Waals surface area (Å²) in [4.78, 5) is 35.7. The van der Waals surface area contributed by atoms with Crippen molar-refractivity contribution in [3.05, 3.63) is 63.6 Å². The highest BCUT2D eigenvalue weighted by atomic mass is 79.9. The van der Waals surface area contributed by atoms with Crippen molar-refractivity contribution in [2.75, 3.05) is 14.2 Å². The van der Waals surface area contributed by atoms with Crippen molar-refractivity contribution in [2.24, 2.45) is 0 Å². The molecule has 2 amide bonds. The lowest BCUT2D eigenvalue weighted by Gasteiger charge is -2.09. The van der Waals surface area contributed by atoms with Gasteiger partial charge in [-0.15, -0.1) is 0 Å². The minimum atomic E-state index is -0.563. The molecule has 0 saturated heterocycles. The normalized spacial score (nSPS) is 9.88. The molecule has 0 atom stereocenters. The Balaban J connectivity index is 2.03. The molecule has 0 radical (unpaired) electrons. The van der Waals surface area contributed by atoms with Crippen LogP contribution in [0.15, 0.2) is 46.9 Å². The molecule has 2 aromatic rings. The smallest absolute Gasteiger partial charge is 0.337 e. The van der Waals surface area contributed by atoms with Gasteiger partial charge in [0, 0.05) is 11.1 Å². The standard InChI is InChI=1S/C17H15BrN2O5/c1-24-14-7-6-11(9-13(14)18)16(22)20-19-15(21)10-4-3-5-12(8-10)17(23)25-2/h3-9H,1-2H3,(H,19,21)(H,20,22). The van der Waals surface area contributed by atoms with E-state index in [1.165, 1.54) is 32.4 Å². The summed E-state index contributed by atoms with van der Waals surface area (Å²) in [6.07, 6.45) is 0. The van der Waals surface area contributed by atoms with Crippen LogP contribution >= 0.6 is 15.9 Å². The fraction of sp³-hybridized carbons (Fsp3) is 0.118. The molecule has 0 heterocycles. The van der Waals surface area contributed by atoms with E-state index in [2.05, 4.69) is 31.5 Å². The van der Waals surface area contributed by atoms with Crippen molar-refractivity contribution >= 4 is 33.7 Å². The Morgan fingerprint density at radius 3 is 2.04 bits per heavy atom. The van der Waals surface area contributed by atoms with Gasteiger partial charge >= 0.3 is 5.97 Å². The molecule has 0 unspecified atom stereocenters. The van der Waals surface area contributed by atoms with Crippen LogP contribution in [0, 0.1) is 0 Å². The molecule has 2 aromatic carbocycles. The average molecular weight is 407 g/mol. The molecule has 7 nitrogen and oxygen atoms in total. The fourth-order valence-electron chi connectivity index (χ4n) is 1.97. The molecular formula is C17H15BrN2O5. The van der Waals surface area contributed by atoms with Crippen LogP contribution in [0.5, 0.6) is 5.75 Å². The van der Waals surface area contributed by atoms with Gasteiger partial charge in [0.2, 0.25) is 0 Å². The first-order valence-corrected chi connectivity index (χ1v) is 7.88. The molecule has 0 spiro atoms. The molecule has 25 heavy (non-hydrogen) atoms. The molecule has 0 aliphatic heterocycles. The topological polar surface area (TPSA) is 93.7 Å².